The molecule has 1 unspecified atom stereocenters. The van der Waals surface area contributed by atoms with E-state index in [4.69, 9.17) is 0 Å². The quantitative estimate of drug-likeness (QED) is 0.203. The summed E-state index contributed by atoms with van der Waals surface area (Å²) in [5.41, 5.74) is 5.80. The second-order valence-electron chi connectivity index (χ2n) is 12.1. The molecule has 3 aromatic carbocycles. The van der Waals surface area contributed by atoms with Crippen LogP contribution in [0.2, 0.25) is 3.34 Å². The Hall–Kier alpha value is -1.06. The molecular weight excluding hydrogens is 615 g/mol. The Morgan fingerprint density at radius 3 is 1.39 bits per heavy atom. The number of hydrogen-bond acceptors (Lipinski definition) is 0. The molecule has 0 saturated heterocycles. The van der Waals surface area contributed by atoms with E-state index < -0.39 is 8.07 Å². The SMILES string of the molecule is CCCCC1=C[C]([Ti+3])([Si](c2cccc(C(C)C)c2)(c2cccc(C(C)C)c2)c2cccc(C(C)C)c2)C=C1.[Cl-].[Cl-].[Cl-]. The minimum absolute atomic E-state index is 0. The van der Waals surface area contributed by atoms with Crippen molar-refractivity contribution in [2.24, 2.45) is 0 Å². The fourth-order valence-corrected chi connectivity index (χ4v) is 13.8. The summed E-state index contributed by atoms with van der Waals surface area (Å²) < 4.78 is -0.0725. The smallest absolute Gasteiger partial charge is 1.00 e. The molecule has 0 N–H and O–H groups in total. The van der Waals surface area contributed by atoms with Crippen molar-refractivity contribution in [2.45, 2.75) is 88.8 Å². The Morgan fingerprint density at radius 2 is 1.05 bits per heavy atom. The van der Waals surface area contributed by atoms with Gasteiger partial charge in [-0.15, -0.1) is 0 Å². The van der Waals surface area contributed by atoms with Gasteiger partial charge in [0.2, 0.25) is 0 Å². The first-order valence-electron chi connectivity index (χ1n) is 14.6. The minimum atomic E-state index is -2.59. The zero-order chi connectivity index (χ0) is 27.5. The van der Waals surface area contributed by atoms with Gasteiger partial charge in [-0.25, -0.2) is 0 Å². The van der Waals surface area contributed by atoms with E-state index in [0.717, 1.165) is 6.42 Å². The Bertz CT molecular complexity index is 1200. The maximum Gasteiger partial charge on any atom is -1.00 e. The third-order valence-corrected chi connectivity index (χ3v) is 15.7. The van der Waals surface area contributed by atoms with Crippen molar-refractivity contribution in [3.8, 4) is 0 Å². The molecule has 4 rings (SSSR count). The summed E-state index contributed by atoms with van der Waals surface area (Å²) in [7, 11) is -2.59. The maximum atomic E-state index is 2.65. The minimum Gasteiger partial charge on any atom is -1.00 e. The van der Waals surface area contributed by atoms with Crippen LogP contribution >= 0.6 is 0 Å². The number of hydrogen-bond donors (Lipinski definition) is 0. The zero-order valence-corrected chi connectivity index (χ0v) is 30.5. The summed E-state index contributed by atoms with van der Waals surface area (Å²) in [5, 5.41) is 4.56. The molecular formula is C36H45Cl3SiTi. The van der Waals surface area contributed by atoms with Crippen molar-refractivity contribution in [1.82, 2.24) is 0 Å². The van der Waals surface area contributed by atoms with Crippen LogP contribution in [0.4, 0.5) is 0 Å². The first kappa shape index (κ1) is 38.0. The molecule has 0 aromatic heterocycles. The molecule has 0 heterocycles. The fraction of sp³-hybridized carbons (Fsp3) is 0.389. The van der Waals surface area contributed by atoms with Gasteiger partial charge in [0.25, 0.3) is 0 Å². The normalized spacial score (nSPS) is 16.3. The van der Waals surface area contributed by atoms with Gasteiger partial charge in [0.15, 0.2) is 0 Å². The van der Waals surface area contributed by atoms with Crippen LogP contribution in [-0.2, 0) is 20.4 Å². The van der Waals surface area contributed by atoms with Gasteiger partial charge in [-0.3, -0.25) is 0 Å². The van der Waals surface area contributed by atoms with Gasteiger partial charge in [-0.05, 0) is 0 Å². The number of halogens is 3. The average Bonchev–Trinajstić information content (AvgIpc) is 3.30. The van der Waals surface area contributed by atoms with Crippen molar-refractivity contribution in [3.63, 3.8) is 0 Å². The Kier molecular flexibility index (Phi) is 14.9. The summed E-state index contributed by atoms with van der Waals surface area (Å²) in [4.78, 5) is 0. The van der Waals surface area contributed by atoms with Crippen molar-refractivity contribution < 1.29 is 57.7 Å². The number of unbranched alkanes of at least 4 members (excludes halogenated alkanes) is 1. The van der Waals surface area contributed by atoms with Crippen LogP contribution in [0.3, 0.4) is 0 Å². The van der Waals surface area contributed by atoms with Gasteiger partial charge in [0.1, 0.15) is 0 Å². The van der Waals surface area contributed by atoms with Crippen LogP contribution in [0.25, 0.3) is 0 Å². The van der Waals surface area contributed by atoms with E-state index in [0.29, 0.717) is 17.8 Å². The standard InChI is InChI=1S/C36H45Si.3ClH.Ti/c1-8-9-13-29-20-21-36(22-29)37(33-17-10-14-30(23-33)26(2)3,34-18-11-15-31(24-34)27(4)5)35-19-12-16-32(25-35)28(6)7;;;;/h10-12,14-28H,8-9,13H2,1-7H3;3*1H;/q;;;;+3/p-3. The second kappa shape index (κ2) is 16.1. The monoisotopic (exact) mass is 658 g/mol. The predicted molar refractivity (Wildman–Crippen MR) is 166 cm³/mol. The van der Waals surface area contributed by atoms with Crippen molar-refractivity contribution >= 4 is 23.6 Å². The summed E-state index contributed by atoms with van der Waals surface area (Å²) >= 11 is 2.53. The van der Waals surface area contributed by atoms with Crippen LogP contribution in [0.1, 0.15) is 102 Å². The maximum absolute atomic E-state index is 2.65. The van der Waals surface area contributed by atoms with E-state index in [1.807, 2.05) is 0 Å². The van der Waals surface area contributed by atoms with E-state index in [1.54, 1.807) is 0 Å². The fourth-order valence-electron chi connectivity index (χ4n) is 6.01. The first-order valence-corrected chi connectivity index (χ1v) is 17.4. The van der Waals surface area contributed by atoms with Gasteiger partial charge in [-0.1, -0.05) is 0 Å². The molecule has 0 radical (unpaired) electrons. The average molecular weight is 660 g/mol. The molecule has 0 spiro atoms. The zero-order valence-electron chi connectivity index (χ0n) is 25.6. The van der Waals surface area contributed by atoms with E-state index >= 15 is 0 Å². The Morgan fingerprint density at radius 1 is 0.659 bits per heavy atom. The van der Waals surface area contributed by atoms with Crippen LogP contribution in [0, 0.1) is 0 Å². The molecule has 1 atom stereocenters. The van der Waals surface area contributed by atoms with Crippen molar-refractivity contribution in [2.75, 3.05) is 0 Å². The van der Waals surface area contributed by atoms with Crippen molar-refractivity contribution in [3.05, 3.63) is 113 Å². The topological polar surface area (TPSA) is 0 Å². The molecule has 218 valence electrons. The third-order valence-electron chi connectivity index (χ3n) is 8.37. The molecule has 0 nitrogen and oxygen atoms in total. The summed E-state index contributed by atoms with van der Waals surface area (Å²) in [5.74, 6) is 1.48. The van der Waals surface area contributed by atoms with Gasteiger partial charge in [-0.2, -0.15) is 0 Å². The van der Waals surface area contributed by atoms with E-state index in [2.05, 4.69) is 160 Å². The molecule has 5 heteroatoms. The van der Waals surface area contributed by atoms with Crippen LogP contribution in [-0.4, -0.2) is 8.07 Å². The molecule has 0 aliphatic heterocycles. The van der Waals surface area contributed by atoms with E-state index in [9.17, 15) is 0 Å². The number of rotatable bonds is 10. The van der Waals surface area contributed by atoms with E-state index in [1.165, 1.54) is 50.7 Å². The molecule has 0 saturated carbocycles. The third kappa shape index (κ3) is 7.72. The van der Waals surface area contributed by atoms with Crippen molar-refractivity contribution in [1.29, 1.82) is 0 Å². The largest absolute Gasteiger partial charge is 1.00 e. The van der Waals surface area contributed by atoms with Crippen LogP contribution < -0.4 is 52.8 Å². The summed E-state index contributed by atoms with van der Waals surface area (Å²) in [6.45, 7) is 16.2. The summed E-state index contributed by atoms with van der Waals surface area (Å²) in [6.07, 6.45) is 11.3. The molecule has 1 aliphatic carbocycles. The molecule has 3 aromatic rings. The number of allylic oxidation sites excluding steroid dienone is 4. The van der Waals surface area contributed by atoms with Gasteiger partial charge in [0, 0.05) is 0 Å². The number of benzene rings is 3. The Balaban J connectivity index is 0.00000280. The molecule has 1 aliphatic rings. The second-order valence-corrected chi connectivity index (χ2v) is 18.2. The van der Waals surface area contributed by atoms with Crippen LogP contribution in [0.5, 0.6) is 0 Å². The van der Waals surface area contributed by atoms with Crippen LogP contribution in [0.15, 0.2) is 96.6 Å². The molecule has 41 heavy (non-hydrogen) atoms. The molecule has 0 fully saturated rings. The Labute approximate surface area is 281 Å². The first-order chi connectivity index (χ1) is 18.1. The van der Waals surface area contributed by atoms with E-state index in [-0.39, 0.29) is 40.6 Å². The van der Waals surface area contributed by atoms with Gasteiger partial charge in [0.05, 0.1) is 0 Å². The molecule has 0 bridgehead atoms. The van der Waals surface area contributed by atoms with Gasteiger partial charge >= 0.3 is 246 Å². The molecule has 0 amide bonds. The van der Waals surface area contributed by atoms with Gasteiger partial charge < -0.3 is 37.2 Å². The summed E-state index contributed by atoms with van der Waals surface area (Å²) in [6, 6.07) is 28.9. The predicted octanol–water partition coefficient (Wildman–Crippen LogP) is -0.530.